The predicted molar refractivity (Wildman–Crippen MR) is 34.6 cm³/mol. The van der Waals surface area contributed by atoms with Gasteiger partial charge in [-0.05, 0) is 0 Å². The maximum Gasteiger partial charge on any atom is 0.425 e. The van der Waals surface area contributed by atoms with Crippen LogP contribution in [0.15, 0.2) is 12.4 Å². The Morgan fingerprint density at radius 1 is 1.62 bits per heavy atom. The maximum atomic E-state index is 11.9. The molecule has 0 spiro atoms. The fourth-order valence-electron chi connectivity index (χ4n) is 0.628. The van der Waals surface area contributed by atoms with Crippen LogP contribution in [0.1, 0.15) is 5.56 Å². The van der Waals surface area contributed by atoms with E-state index in [0.717, 1.165) is 0 Å². The van der Waals surface area contributed by atoms with Gasteiger partial charge in [-0.2, -0.15) is 23.1 Å². The molecule has 0 fully saturated rings. The van der Waals surface area contributed by atoms with E-state index in [9.17, 15) is 18.0 Å². The Labute approximate surface area is 69.7 Å². The van der Waals surface area contributed by atoms with Gasteiger partial charge in [0, 0.05) is 0 Å². The second-order valence-corrected chi connectivity index (χ2v) is 2.09. The number of carboxylic acid groups (broad SMARTS) is 1. The van der Waals surface area contributed by atoms with Crippen molar-refractivity contribution in [3.05, 3.63) is 18.0 Å². The quantitative estimate of drug-likeness (QED) is 0.705. The normalized spacial score (nSPS) is 11.3. The molecular formula is C5H4F3N3O2. The number of aromatic nitrogens is 2. The van der Waals surface area contributed by atoms with Gasteiger partial charge in [0.2, 0.25) is 0 Å². The Bertz CT molecular complexity index is 319. The van der Waals surface area contributed by atoms with Crippen LogP contribution in [0.4, 0.5) is 18.0 Å². The number of halogens is 3. The molecule has 0 saturated carbocycles. The summed E-state index contributed by atoms with van der Waals surface area (Å²) >= 11 is 0. The Hall–Kier alpha value is -1.73. The van der Waals surface area contributed by atoms with Crippen LogP contribution in [0.5, 0.6) is 0 Å². The van der Waals surface area contributed by atoms with Crippen molar-refractivity contribution in [3.8, 4) is 0 Å². The van der Waals surface area contributed by atoms with Crippen LogP contribution in [0.25, 0.3) is 0 Å². The first-order valence-corrected chi connectivity index (χ1v) is 3.01. The summed E-state index contributed by atoms with van der Waals surface area (Å²) < 4.78 is 35.7. The zero-order valence-electron chi connectivity index (χ0n) is 6.04. The SMILES string of the molecule is O=C(O)Nn1cc(C(F)(F)F)cn1. The Balaban J connectivity index is 2.81. The Morgan fingerprint density at radius 3 is 2.62 bits per heavy atom. The van der Waals surface area contributed by atoms with Crippen LogP contribution in [0.2, 0.25) is 0 Å². The summed E-state index contributed by atoms with van der Waals surface area (Å²) in [6.07, 6.45) is -4.94. The molecule has 0 aliphatic carbocycles. The fraction of sp³-hybridized carbons (Fsp3) is 0.200. The second-order valence-electron chi connectivity index (χ2n) is 2.09. The third kappa shape index (κ3) is 2.36. The molecule has 1 aromatic rings. The summed E-state index contributed by atoms with van der Waals surface area (Å²) in [5.74, 6) is 0. The van der Waals surface area contributed by atoms with Crippen molar-refractivity contribution in [3.63, 3.8) is 0 Å². The first-order chi connectivity index (χ1) is 5.89. The van der Waals surface area contributed by atoms with Crippen LogP contribution in [0.3, 0.4) is 0 Å². The topological polar surface area (TPSA) is 67.2 Å². The predicted octanol–water partition coefficient (Wildman–Crippen LogP) is 1.12. The van der Waals surface area contributed by atoms with Gasteiger partial charge < -0.3 is 5.11 Å². The molecule has 1 amide bonds. The van der Waals surface area contributed by atoms with Gasteiger partial charge in [0.1, 0.15) is 0 Å². The lowest BCUT2D eigenvalue weighted by atomic mass is 10.4. The number of alkyl halides is 3. The second kappa shape index (κ2) is 2.96. The third-order valence-corrected chi connectivity index (χ3v) is 1.12. The molecule has 1 rings (SSSR count). The number of carbonyl (C=O) groups is 1. The van der Waals surface area contributed by atoms with E-state index in [1.807, 2.05) is 0 Å². The standard InChI is InChI=1S/C5H4F3N3O2/c6-5(7,8)3-1-9-11(2-3)10-4(12)13/h1-2,10H,(H,12,13). The molecule has 0 unspecified atom stereocenters. The molecule has 0 aliphatic heterocycles. The zero-order valence-corrected chi connectivity index (χ0v) is 6.04. The summed E-state index contributed by atoms with van der Waals surface area (Å²) in [6.45, 7) is 0. The number of hydrogen-bond donors (Lipinski definition) is 2. The lowest BCUT2D eigenvalue weighted by Gasteiger charge is -2.00. The van der Waals surface area contributed by atoms with Crippen LogP contribution in [0, 0.1) is 0 Å². The van der Waals surface area contributed by atoms with Gasteiger partial charge in [0.05, 0.1) is 18.0 Å². The minimum absolute atomic E-state index is 0.463. The monoisotopic (exact) mass is 195 g/mol. The largest absolute Gasteiger partial charge is 0.464 e. The summed E-state index contributed by atoms with van der Waals surface area (Å²) in [6, 6.07) is 0. The summed E-state index contributed by atoms with van der Waals surface area (Å²) in [5, 5.41) is 11.3. The van der Waals surface area contributed by atoms with E-state index in [0.29, 0.717) is 17.2 Å². The van der Waals surface area contributed by atoms with Crippen LogP contribution in [-0.2, 0) is 6.18 Å². The molecule has 1 aromatic heterocycles. The van der Waals surface area contributed by atoms with Crippen LogP contribution >= 0.6 is 0 Å². The van der Waals surface area contributed by atoms with Gasteiger partial charge in [-0.3, -0.25) is 0 Å². The fourth-order valence-corrected chi connectivity index (χ4v) is 0.628. The Kier molecular flexibility index (Phi) is 2.13. The van der Waals surface area contributed by atoms with Crippen molar-refractivity contribution in [1.29, 1.82) is 0 Å². The van der Waals surface area contributed by atoms with Gasteiger partial charge in [0.15, 0.2) is 0 Å². The third-order valence-electron chi connectivity index (χ3n) is 1.12. The first kappa shape index (κ1) is 9.36. The highest BCUT2D eigenvalue weighted by atomic mass is 19.4. The minimum atomic E-state index is -4.52. The van der Waals surface area contributed by atoms with Gasteiger partial charge in [0.25, 0.3) is 0 Å². The van der Waals surface area contributed by atoms with E-state index in [4.69, 9.17) is 5.11 Å². The zero-order chi connectivity index (χ0) is 10.1. The lowest BCUT2D eigenvalue weighted by molar-refractivity contribution is -0.137. The molecule has 0 radical (unpaired) electrons. The molecule has 8 heteroatoms. The molecule has 2 N–H and O–H groups in total. The molecule has 72 valence electrons. The minimum Gasteiger partial charge on any atom is -0.464 e. The van der Waals surface area contributed by atoms with Gasteiger partial charge >= 0.3 is 12.3 Å². The average molecular weight is 195 g/mol. The van der Waals surface area contributed by atoms with E-state index in [2.05, 4.69) is 5.10 Å². The highest BCUT2D eigenvalue weighted by Crippen LogP contribution is 2.28. The molecule has 0 atom stereocenters. The van der Waals surface area contributed by atoms with Crippen molar-refractivity contribution in [1.82, 2.24) is 9.89 Å². The molecule has 0 aliphatic rings. The van der Waals surface area contributed by atoms with Gasteiger partial charge in [-0.1, -0.05) is 0 Å². The van der Waals surface area contributed by atoms with Crippen LogP contribution in [-0.4, -0.2) is 21.1 Å². The summed E-state index contributed by atoms with van der Waals surface area (Å²) in [5.41, 5.74) is 0.607. The molecule has 0 bridgehead atoms. The van der Waals surface area contributed by atoms with Gasteiger partial charge in [-0.25, -0.2) is 10.2 Å². The molecule has 13 heavy (non-hydrogen) atoms. The molecule has 5 nitrogen and oxygen atoms in total. The van der Waals surface area contributed by atoms with Crippen LogP contribution < -0.4 is 5.43 Å². The number of amides is 1. The highest BCUT2D eigenvalue weighted by Gasteiger charge is 2.32. The van der Waals surface area contributed by atoms with Gasteiger partial charge in [-0.15, -0.1) is 0 Å². The number of nitrogens with one attached hydrogen (secondary N) is 1. The summed E-state index contributed by atoms with van der Waals surface area (Å²) in [7, 11) is 0. The van der Waals surface area contributed by atoms with E-state index in [1.54, 1.807) is 5.43 Å². The van der Waals surface area contributed by atoms with Crippen molar-refractivity contribution in [2.75, 3.05) is 5.43 Å². The number of nitrogens with zero attached hydrogens (tertiary/aromatic N) is 2. The lowest BCUT2D eigenvalue weighted by Crippen LogP contribution is -2.20. The number of rotatable bonds is 1. The maximum absolute atomic E-state index is 11.9. The van der Waals surface area contributed by atoms with Crippen molar-refractivity contribution in [2.24, 2.45) is 0 Å². The molecule has 0 aromatic carbocycles. The van der Waals surface area contributed by atoms with E-state index in [1.165, 1.54) is 0 Å². The first-order valence-electron chi connectivity index (χ1n) is 3.01. The molecular weight excluding hydrogens is 191 g/mol. The van der Waals surface area contributed by atoms with E-state index in [-0.39, 0.29) is 0 Å². The van der Waals surface area contributed by atoms with Crippen molar-refractivity contribution < 1.29 is 23.1 Å². The van der Waals surface area contributed by atoms with E-state index >= 15 is 0 Å². The van der Waals surface area contributed by atoms with Crippen molar-refractivity contribution >= 4 is 6.09 Å². The molecule has 0 saturated heterocycles. The smallest absolute Gasteiger partial charge is 0.425 e. The number of hydrogen-bond acceptors (Lipinski definition) is 2. The molecule has 1 heterocycles. The average Bonchev–Trinajstić information content (AvgIpc) is 2.32. The van der Waals surface area contributed by atoms with E-state index < -0.39 is 17.8 Å². The summed E-state index contributed by atoms with van der Waals surface area (Å²) in [4.78, 5) is 10.4. The van der Waals surface area contributed by atoms with Crippen molar-refractivity contribution in [2.45, 2.75) is 6.18 Å². The Morgan fingerprint density at radius 2 is 2.23 bits per heavy atom. The highest BCUT2D eigenvalue weighted by molar-refractivity contribution is 5.73.